The van der Waals surface area contributed by atoms with Crippen LogP contribution in [0.4, 0.5) is 0 Å². The van der Waals surface area contributed by atoms with E-state index in [1.54, 1.807) is 0 Å². The van der Waals surface area contributed by atoms with Crippen molar-refractivity contribution in [3.05, 3.63) is 60.2 Å². The maximum absolute atomic E-state index is 5.91. The molecule has 0 spiro atoms. The molecule has 1 N–H and O–H groups in total. The number of hydrogen-bond acceptors (Lipinski definition) is 2. The van der Waals surface area contributed by atoms with E-state index in [1.165, 1.54) is 37.8 Å². The van der Waals surface area contributed by atoms with Gasteiger partial charge in [0.2, 0.25) is 0 Å². The molecule has 0 unspecified atom stereocenters. The van der Waals surface area contributed by atoms with E-state index in [9.17, 15) is 0 Å². The molecule has 0 heterocycles. The average Bonchev–Trinajstić information content (AvgIpc) is 2.61. The predicted molar refractivity (Wildman–Crippen MR) is 101 cm³/mol. The van der Waals surface area contributed by atoms with Gasteiger partial charge in [-0.25, -0.2) is 0 Å². The molecule has 1 aliphatic carbocycles. The smallest absolute Gasteiger partial charge is 0.127 e. The summed E-state index contributed by atoms with van der Waals surface area (Å²) < 4.78 is 5.91. The topological polar surface area (TPSA) is 21.3 Å². The third-order valence-electron chi connectivity index (χ3n) is 5.04. The highest BCUT2D eigenvalue weighted by atomic mass is 16.5. The van der Waals surface area contributed by atoms with Crippen LogP contribution in [-0.4, -0.2) is 13.1 Å². The van der Waals surface area contributed by atoms with Crippen LogP contribution in [-0.2, 0) is 6.42 Å². The minimum atomic E-state index is 0.883. The first kappa shape index (κ1) is 17.0. The van der Waals surface area contributed by atoms with E-state index in [2.05, 4.69) is 30.4 Å². The Kier molecular flexibility index (Phi) is 6.31. The van der Waals surface area contributed by atoms with Crippen molar-refractivity contribution in [3.8, 4) is 11.5 Å². The molecule has 2 nitrogen and oxygen atoms in total. The molecule has 2 aromatic rings. The molecule has 0 saturated heterocycles. The lowest BCUT2D eigenvalue weighted by Gasteiger charge is -2.26. The van der Waals surface area contributed by atoms with Crippen molar-refractivity contribution < 1.29 is 4.74 Å². The highest BCUT2D eigenvalue weighted by Gasteiger charge is 2.17. The van der Waals surface area contributed by atoms with Crippen LogP contribution in [0.1, 0.15) is 38.2 Å². The Hall–Kier alpha value is -1.80. The molecular formula is C22H29NO. The molecule has 0 amide bonds. The average molecular weight is 323 g/mol. The summed E-state index contributed by atoms with van der Waals surface area (Å²) in [5.41, 5.74) is 1.33. The highest BCUT2D eigenvalue weighted by Crippen LogP contribution is 2.27. The van der Waals surface area contributed by atoms with Crippen molar-refractivity contribution in [2.75, 3.05) is 13.1 Å². The van der Waals surface area contributed by atoms with Crippen LogP contribution in [0.25, 0.3) is 0 Å². The van der Waals surface area contributed by atoms with Crippen molar-refractivity contribution in [2.45, 2.75) is 39.0 Å². The van der Waals surface area contributed by atoms with Crippen molar-refractivity contribution in [2.24, 2.45) is 11.8 Å². The molecule has 0 aliphatic heterocycles. The van der Waals surface area contributed by atoms with E-state index in [-0.39, 0.29) is 0 Å². The Balaban J connectivity index is 1.41. The second kappa shape index (κ2) is 8.89. The van der Waals surface area contributed by atoms with Crippen molar-refractivity contribution in [3.63, 3.8) is 0 Å². The summed E-state index contributed by atoms with van der Waals surface area (Å²) in [7, 11) is 0. The van der Waals surface area contributed by atoms with Crippen LogP contribution in [0, 0.1) is 11.8 Å². The number of para-hydroxylation sites is 1. The summed E-state index contributed by atoms with van der Waals surface area (Å²) in [4.78, 5) is 0. The maximum Gasteiger partial charge on any atom is 0.127 e. The highest BCUT2D eigenvalue weighted by molar-refractivity contribution is 5.33. The van der Waals surface area contributed by atoms with E-state index in [1.807, 2.05) is 36.4 Å². The van der Waals surface area contributed by atoms with Gasteiger partial charge in [0.1, 0.15) is 11.5 Å². The van der Waals surface area contributed by atoms with Gasteiger partial charge in [-0.1, -0.05) is 50.1 Å². The molecule has 0 radical (unpaired) electrons. The number of hydrogen-bond donors (Lipinski definition) is 1. The molecule has 2 aromatic carbocycles. The van der Waals surface area contributed by atoms with Gasteiger partial charge in [-0.3, -0.25) is 0 Å². The van der Waals surface area contributed by atoms with Crippen LogP contribution < -0.4 is 10.1 Å². The van der Waals surface area contributed by atoms with Gasteiger partial charge in [0.05, 0.1) is 0 Å². The molecule has 0 atom stereocenters. The standard InChI is InChI=1S/C22H29NO/c1-18-10-12-20(13-11-18)17-23-15-14-19-6-5-9-22(16-19)24-21-7-3-2-4-8-21/h2-9,16,18,20,23H,10-15,17H2,1H3. The number of ether oxygens (including phenoxy) is 1. The van der Waals surface area contributed by atoms with Crippen LogP contribution >= 0.6 is 0 Å². The zero-order chi connectivity index (χ0) is 16.6. The van der Waals surface area contributed by atoms with E-state index in [0.29, 0.717) is 0 Å². The van der Waals surface area contributed by atoms with Gasteiger partial charge in [-0.15, -0.1) is 0 Å². The Morgan fingerprint density at radius 2 is 1.67 bits per heavy atom. The van der Waals surface area contributed by atoms with Gasteiger partial charge < -0.3 is 10.1 Å². The normalized spacial score (nSPS) is 20.7. The van der Waals surface area contributed by atoms with Gasteiger partial charge in [0.25, 0.3) is 0 Å². The molecule has 1 saturated carbocycles. The lowest BCUT2D eigenvalue weighted by atomic mass is 9.83. The fourth-order valence-corrected chi connectivity index (χ4v) is 3.46. The monoisotopic (exact) mass is 323 g/mol. The summed E-state index contributed by atoms with van der Waals surface area (Å²) in [6.45, 7) is 4.60. The van der Waals surface area contributed by atoms with Crippen LogP contribution in [0.2, 0.25) is 0 Å². The van der Waals surface area contributed by atoms with Crippen LogP contribution in [0.15, 0.2) is 54.6 Å². The molecule has 0 aromatic heterocycles. The Morgan fingerprint density at radius 1 is 0.917 bits per heavy atom. The molecule has 2 heteroatoms. The van der Waals surface area contributed by atoms with Crippen molar-refractivity contribution >= 4 is 0 Å². The molecule has 128 valence electrons. The third-order valence-corrected chi connectivity index (χ3v) is 5.04. The Bertz CT molecular complexity index is 602. The minimum absolute atomic E-state index is 0.883. The van der Waals surface area contributed by atoms with Gasteiger partial charge in [-0.2, -0.15) is 0 Å². The summed E-state index contributed by atoms with van der Waals surface area (Å²) in [6, 6.07) is 18.4. The largest absolute Gasteiger partial charge is 0.457 e. The Labute approximate surface area is 146 Å². The van der Waals surface area contributed by atoms with Crippen LogP contribution in [0.5, 0.6) is 11.5 Å². The van der Waals surface area contributed by atoms with Gasteiger partial charge in [0, 0.05) is 0 Å². The van der Waals surface area contributed by atoms with E-state index in [4.69, 9.17) is 4.74 Å². The maximum atomic E-state index is 5.91. The SMILES string of the molecule is CC1CCC(CNCCc2cccc(Oc3ccccc3)c2)CC1. The molecular weight excluding hydrogens is 294 g/mol. The first-order valence-corrected chi connectivity index (χ1v) is 9.32. The van der Waals surface area contributed by atoms with Gasteiger partial charge in [0.15, 0.2) is 0 Å². The summed E-state index contributed by atoms with van der Waals surface area (Å²) >= 11 is 0. The lowest BCUT2D eigenvalue weighted by Crippen LogP contribution is -2.27. The van der Waals surface area contributed by atoms with E-state index >= 15 is 0 Å². The van der Waals surface area contributed by atoms with Crippen LogP contribution in [0.3, 0.4) is 0 Å². The number of nitrogens with one attached hydrogen (secondary N) is 1. The zero-order valence-electron chi connectivity index (χ0n) is 14.7. The van der Waals surface area contributed by atoms with E-state index in [0.717, 1.165) is 36.3 Å². The molecule has 1 fully saturated rings. The summed E-state index contributed by atoms with van der Waals surface area (Å²) in [5, 5.41) is 3.65. The fraction of sp³-hybridized carbons (Fsp3) is 0.455. The second-order valence-electron chi connectivity index (χ2n) is 7.14. The molecule has 3 rings (SSSR count). The predicted octanol–water partition coefficient (Wildman–Crippen LogP) is 5.44. The number of rotatable bonds is 7. The van der Waals surface area contributed by atoms with Crippen molar-refractivity contribution in [1.82, 2.24) is 5.32 Å². The first-order chi connectivity index (χ1) is 11.8. The third kappa shape index (κ3) is 5.38. The summed E-state index contributed by atoms with van der Waals surface area (Å²) in [6.07, 6.45) is 6.66. The lowest BCUT2D eigenvalue weighted by molar-refractivity contribution is 0.282. The molecule has 1 aliphatic rings. The van der Waals surface area contributed by atoms with Crippen molar-refractivity contribution in [1.29, 1.82) is 0 Å². The summed E-state index contributed by atoms with van der Waals surface area (Å²) in [5.74, 6) is 3.63. The van der Waals surface area contributed by atoms with Gasteiger partial charge >= 0.3 is 0 Å². The second-order valence-corrected chi connectivity index (χ2v) is 7.14. The number of benzene rings is 2. The minimum Gasteiger partial charge on any atom is -0.457 e. The fourth-order valence-electron chi connectivity index (χ4n) is 3.46. The first-order valence-electron chi connectivity index (χ1n) is 9.32. The Morgan fingerprint density at radius 3 is 2.46 bits per heavy atom. The quantitative estimate of drug-likeness (QED) is 0.685. The van der Waals surface area contributed by atoms with Gasteiger partial charge in [-0.05, 0) is 74.0 Å². The van der Waals surface area contributed by atoms with E-state index < -0.39 is 0 Å². The molecule has 0 bridgehead atoms. The zero-order valence-corrected chi connectivity index (χ0v) is 14.7. The molecule has 24 heavy (non-hydrogen) atoms.